The monoisotopic (exact) mass is 272 g/mol. The maximum absolute atomic E-state index is 11.6. The lowest BCUT2D eigenvalue weighted by atomic mass is 10.2. The van der Waals surface area contributed by atoms with Gasteiger partial charge in [-0.3, -0.25) is 0 Å². The maximum Gasteiger partial charge on any atom is 0.410 e. The molecule has 1 unspecified atom stereocenters. The molecular weight excluding hydrogens is 240 g/mol. The Morgan fingerprint density at radius 1 is 1.42 bits per heavy atom. The first-order valence-corrected chi connectivity index (χ1v) is 7.67. The van der Waals surface area contributed by atoms with Crippen LogP contribution in [-0.2, 0) is 4.74 Å². The number of likely N-dealkylation sites (N-methyl/N-ethyl adjacent to an activating group) is 1. The van der Waals surface area contributed by atoms with Crippen molar-refractivity contribution in [2.75, 3.05) is 33.2 Å². The number of hydrogen-bond acceptors (Lipinski definition) is 3. The fourth-order valence-electron chi connectivity index (χ4n) is 2.25. The van der Waals surface area contributed by atoms with Gasteiger partial charge in [0.25, 0.3) is 0 Å². The Morgan fingerprint density at radius 3 is 2.58 bits per heavy atom. The van der Waals surface area contributed by atoms with Crippen LogP contribution in [0.4, 0.5) is 4.79 Å². The zero-order chi connectivity index (χ0) is 14.8. The molecule has 4 nitrogen and oxygen atoms in total. The van der Waals surface area contributed by atoms with Crippen LogP contribution in [-0.4, -0.2) is 55.2 Å². The van der Waals surface area contributed by atoms with Gasteiger partial charge in [0, 0.05) is 19.6 Å². The van der Waals surface area contributed by atoms with Crippen LogP contribution in [0.5, 0.6) is 0 Å². The second-order valence-electron chi connectivity index (χ2n) is 5.42. The van der Waals surface area contributed by atoms with Crippen molar-refractivity contribution in [3.8, 4) is 0 Å². The molecular formula is C15H32N2O2. The lowest BCUT2D eigenvalue weighted by Gasteiger charge is -2.21. The first kappa shape index (κ1) is 18.2. The first-order valence-electron chi connectivity index (χ1n) is 7.67. The number of cyclic esters (lactones) is 1. The molecule has 0 radical (unpaired) electrons. The molecule has 1 rings (SSSR count). The van der Waals surface area contributed by atoms with E-state index in [2.05, 4.69) is 32.7 Å². The summed E-state index contributed by atoms with van der Waals surface area (Å²) in [5.74, 6) is 0.647. The fourth-order valence-corrected chi connectivity index (χ4v) is 2.25. The van der Waals surface area contributed by atoms with Crippen LogP contribution in [0.1, 0.15) is 47.5 Å². The molecule has 1 fully saturated rings. The van der Waals surface area contributed by atoms with Gasteiger partial charge in [0.15, 0.2) is 0 Å². The van der Waals surface area contributed by atoms with Crippen LogP contribution in [0.25, 0.3) is 0 Å². The summed E-state index contributed by atoms with van der Waals surface area (Å²) >= 11 is 0. The van der Waals surface area contributed by atoms with Gasteiger partial charge < -0.3 is 14.5 Å². The van der Waals surface area contributed by atoms with Crippen LogP contribution in [0.2, 0.25) is 0 Å². The molecule has 19 heavy (non-hydrogen) atoms. The Kier molecular flexibility index (Phi) is 9.66. The number of amides is 1. The quantitative estimate of drug-likeness (QED) is 0.713. The minimum Gasteiger partial charge on any atom is -0.443 e. The van der Waals surface area contributed by atoms with E-state index in [1.165, 1.54) is 0 Å². The highest BCUT2D eigenvalue weighted by molar-refractivity contribution is 5.69. The third-order valence-electron chi connectivity index (χ3n) is 2.92. The van der Waals surface area contributed by atoms with Gasteiger partial charge in [0.05, 0.1) is 6.54 Å². The zero-order valence-corrected chi connectivity index (χ0v) is 13.6. The van der Waals surface area contributed by atoms with E-state index in [0.717, 1.165) is 39.0 Å². The second kappa shape index (κ2) is 10.1. The lowest BCUT2D eigenvalue weighted by molar-refractivity contribution is 0.110. The summed E-state index contributed by atoms with van der Waals surface area (Å²) in [5.41, 5.74) is 0. The summed E-state index contributed by atoms with van der Waals surface area (Å²) in [6.45, 7) is 14.0. The third kappa shape index (κ3) is 7.41. The van der Waals surface area contributed by atoms with Crippen molar-refractivity contribution in [2.24, 2.45) is 5.92 Å². The van der Waals surface area contributed by atoms with Crippen LogP contribution in [0.3, 0.4) is 0 Å². The molecule has 114 valence electrons. The predicted octanol–water partition coefficient (Wildman–Crippen LogP) is 3.22. The minimum atomic E-state index is -0.138. The average molecular weight is 272 g/mol. The van der Waals surface area contributed by atoms with E-state index in [0.29, 0.717) is 5.92 Å². The van der Waals surface area contributed by atoms with E-state index in [9.17, 15) is 4.79 Å². The fraction of sp³-hybridized carbons (Fsp3) is 0.933. The largest absolute Gasteiger partial charge is 0.443 e. The highest BCUT2D eigenvalue weighted by atomic mass is 16.6. The van der Waals surface area contributed by atoms with Crippen LogP contribution >= 0.6 is 0 Å². The van der Waals surface area contributed by atoms with E-state index in [1.807, 2.05) is 18.7 Å². The number of carbonyl (C=O) groups excluding carboxylic acids is 1. The molecule has 0 saturated carbocycles. The lowest BCUT2D eigenvalue weighted by Crippen LogP contribution is -2.34. The van der Waals surface area contributed by atoms with Crippen molar-refractivity contribution in [2.45, 2.75) is 53.6 Å². The predicted molar refractivity (Wildman–Crippen MR) is 80.4 cm³/mol. The topological polar surface area (TPSA) is 32.8 Å². The number of nitrogens with zero attached hydrogens (tertiary/aromatic N) is 2. The maximum atomic E-state index is 11.6. The zero-order valence-electron chi connectivity index (χ0n) is 13.6. The molecule has 0 aromatic carbocycles. The third-order valence-corrected chi connectivity index (χ3v) is 2.92. The number of carbonyl (C=O) groups is 1. The standard InChI is InChI=1S/C13H26N2O2.C2H6/c1-5-6-7-15-10-12(17-13(15)16)9-14(4)8-11(2)3;1-2/h11-12H,5-10H2,1-4H3;1-2H3. The molecule has 1 heterocycles. The Labute approximate surface area is 119 Å². The smallest absolute Gasteiger partial charge is 0.410 e. The Morgan fingerprint density at radius 2 is 2.05 bits per heavy atom. The molecule has 0 aromatic heterocycles. The van der Waals surface area contributed by atoms with Crippen LogP contribution in [0, 0.1) is 5.92 Å². The summed E-state index contributed by atoms with van der Waals surface area (Å²) in [6.07, 6.45) is 2.08. The summed E-state index contributed by atoms with van der Waals surface area (Å²) < 4.78 is 5.37. The summed E-state index contributed by atoms with van der Waals surface area (Å²) in [4.78, 5) is 15.7. The van der Waals surface area contributed by atoms with Gasteiger partial charge in [-0.2, -0.15) is 0 Å². The molecule has 0 aliphatic carbocycles. The van der Waals surface area contributed by atoms with Crippen LogP contribution in [0.15, 0.2) is 0 Å². The van der Waals surface area contributed by atoms with E-state index in [4.69, 9.17) is 4.74 Å². The summed E-state index contributed by atoms with van der Waals surface area (Å²) in [5, 5.41) is 0. The molecule has 1 amide bonds. The van der Waals surface area contributed by atoms with E-state index in [-0.39, 0.29) is 12.2 Å². The first-order chi connectivity index (χ1) is 9.02. The average Bonchev–Trinajstić information content (AvgIpc) is 2.68. The molecule has 0 aromatic rings. The van der Waals surface area contributed by atoms with Gasteiger partial charge in [-0.1, -0.05) is 41.0 Å². The van der Waals surface area contributed by atoms with E-state index < -0.39 is 0 Å². The van der Waals surface area contributed by atoms with Gasteiger partial charge in [-0.15, -0.1) is 0 Å². The Hall–Kier alpha value is -0.770. The highest BCUT2D eigenvalue weighted by Gasteiger charge is 2.31. The summed E-state index contributed by atoms with van der Waals surface area (Å²) in [7, 11) is 2.09. The molecule has 1 atom stereocenters. The van der Waals surface area contributed by atoms with Gasteiger partial charge in [-0.25, -0.2) is 4.79 Å². The van der Waals surface area contributed by atoms with Gasteiger partial charge in [0.1, 0.15) is 6.10 Å². The van der Waals surface area contributed by atoms with Crippen molar-refractivity contribution in [1.82, 2.24) is 9.80 Å². The molecule has 4 heteroatoms. The molecule has 1 aliphatic rings. The number of rotatable bonds is 7. The van der Waals surface area contributed by atoms with E-state index >= 15 is 0 Å². The molecule has 0 spiro atoms. The number of hydrogen-bond donors (Lipinski definition) is 0. The summed E-state index contributed by atoms with van der Waals surface area (Å²) in [6, 6.07) is 0. The molecule has 0 bridgehead atoms. The number of unbranched alkanes of at least 4 members (excludes halogenated alkanes) is 1. The van der Waals surface area contributed by atoms with Crippen molar-refractivity contribution < 1.29 is 9.53 Å². The molecule has 1 aliphatic heterocycles. The Balaban J connectivity index is 0.00000154. The van der Waals surface area contributed by atoms with Crippen molar-refractivity contribution in [3.63, 3.8) is 0 Å². The van der Waals surface area contributed by atoms with Crippen LogP contribution < -0.4 is 0 Å². The molecule has 1 saturated heterocycles. The van der Waals surface area contributed by atoms with Crippen molar-refractivity contribution >= 4 is 6.09 Å². The molecule has 0 N–H and O–H groups in total. The Bertz CT molecular complexity index is 244. The number of ether oxygens (including phenoxy) is 1. The van der Waals surface area contributed by atoms with Crippen molar-refractivity contribution in [3.05, 3.63) is 0 Å². The van der Waals surface area contributed by atoms with Gasteiger partial charge >= 0.3 is 6.09 Å². The SMILES string of the molecule is CC.CCCCN1CC(CN(C)CC(C)C)OC1=O. The highest BCUT2D eigenvalue weighted by Crippen LogP contribution is 2.13. The van der Waals surface area contributed by atoms with Crippen molar-refractivity contribution in [1.29, 1.82) is 0 Å². The normalized spacial score (nSPS) is 18.6. The van der Waals surface area contributed by atoms with Gasteiger partial charge in [0.2, 0.25) is 0 Å². The van der Waals surface area contributed by atoms with E-state index in [1.54, 1.807) is 0 Å². The second-order valence-corrected chi connectivity index (χ2v) is 5.42. The van der Waals surface area contributed by atoms with Gasteiger partial charge in [-0.05, 0) is 19.4 Å². The minimum absolute atomic E-state index is 0.0445.